The second-order valence-electron chi connectivity index (χ2n) is 8.46. The smallest absolute Gasteiger partial charge is 0.211 e. The zero-order valence-electron chi connectivity index (χ0n) is 20.0. The second kappa shape index (κ2) is 10.5. The lowest BCUT2D eigenvalue weighted by Crippen LogP contribution is -1.90. The van der Waals surface area contributed by atoms with Crippen molar-refractivity contribution in [1.82, 2.24) is 0 Å². The van der Waals surface area contributed by atoms with E-state index in [1.54, 1.807) is 23.9 Å². The Bertz CT molecular complexity index is 1410. The average Bonchev–Trinajstić information content (AvgIpc) is 2.83. The van der Waals surface area contributed by atoms with Gasteiger partial charge in [0.25, 0.3) is 0 Å². The van der Waals surface area contributed by atoms with E-state index in [1.807, 2.05) is 76.2 Å². The number of benzene rings is 4. The first-order valence-electron chi connectivity index (χ1n) is 11.2. The predicted octanol–water partition coefficient (Wildman–Crippen LogP) is 8.34. The van der Waals surface area contributed by atoms with Crippen LogP contribution in [0.25, 0.3) is 22.3 Å². The van der Waals surface area contributed by atoms with Crippen molar-refractivity contribution in [1.29, 1.82) is 0 Å². The summed E-state index contributed by atoms with van der Waals surface area (Å²) in [6, 6.07) is 24.3. The summed E-state index contributed by atoms with van der Waals surface area (Å²) < 4.78 is 0. The molecule has 0 aliphatic rings. The molecule has 0 saturated carbocycles. The van der Waals surface area contributed by atoms with Gasteiger partial charge in [-0.2, -0.15) is 9.98 Å². The molecule has 0 radical (unpaired) electrons. The van der Waals surface area contributed by atoms with E-state index in [2.05, 4.69) is 34.3 Å². The highest BCUT2D eigenvalue weighted by Crippen LogP contribution is 2.45. The first-order chi connectivity index (χ1) is 16.9. The fourth-order valence-corrected chi connectivity index (χ4v) is 5.50. The highest BCUT2D eigenvalue weighted by molar-refractivity contribution is 7.99. The monoisotopic (exact) mass is 476 g/mol. The molecule has 0 fully saturated rings. The summed E-state index contributed by atoms with van der Waals surface area (Å²) in [5.74, 6) is 0. The van der Waals surface area contributed by atoms with Crippen LogP contribution < -0.4 is 0 Å². The molecule has 4 rings (SSSR count). The van der Waals surface area contributed by atoms with Crippen LogP contribution >= 0.6 is 11.8 Å². The third-order valence-electron chi connectivity index (χ3n) is 5.78. The van der Waals surface area contributed by atoms with Gasteiger partial charge in [-0.3, -0.25) is 0 Å². The van der Waals surface area contributed by atoms with E-state index in [9.17, 15) is 9.59 Å². The first kappa shape index (κ1) is 24.1. The van der Waals surface area contributed by atoms with Gasteiger partial charge in [0.15, 0.2) is 0 Å². The summed E-state index contributed by atoms with van der Waals surface area (Å²) in [6.07, 6.45) is 3.42. The summed E-state index contributed by atoms with van der Waals surface area (Å²) in [5, 5.41) is 0. The van der Waals surface area contributed by atoms with E-state index in [0.29, 0.717) is 11.4 Å². The summed E-state index contributed by atoms with van der Waals surface area (Å²) in [7, 11) is 0. The SMILES string of the molecule is Cc1cc(C)c(N=C=O)c(-c2ccccc2Sc2ccccc2-c2cc(C)cc(C)c2N=C=O)c1. The molecule has 35 heavy (non-hydrogen) atoms. The zero-order valence-corrected chi connectivity index (χ0v) is 20.9. The molecular formula is C30H24N2O2S. The standard InChI is InChI=1S/C30H24N2O2S/c1-19-13-21(3)29(31-17-33)25(15-19)23-9-5-7-11-27(23)35-28-12-8-6-10-24(28)26-16-20(2)14-22(4)30(26)32-18-34/h5-16H,1-4H3. The van der Waals surface area contributed by atoms with E-state index in [4.69, 9.17) is 0 Å². The molecule has 0 atom stereocenters. The minimum absolute atomic E-state index is 0.629. The fraction of sp³-hybridized carbons (Fsp3) is 0.133. The van der Waals surface area contributed by atoms with Crippen LogP contribution in [0.4, 0.5) is 11.4 Å². The number of aryl methyl sites for hydroxylation is 4. The molecule has 0 unspecified atom stereocenters. The third-order valence-corrected chi connectivity index (χ3v) is 6.93. The van der Waals surface area contributed by atoms with E-state index < -0.39 is 0 Å². The molecule has 172 valence electrons. The Labute approximate surface area is 209 Å². The predicted molar refractivity (Wildman–Crippen MR) is 142 cm³/mol. The molecule has 0 aliphatic heterocycles. The van der Waals surface area contributed by atoms with Crippen LogP contribution in [0, 0.1) is 27.7 Å². The number of aliphatic imine (C=N–C) groups is 2. The highest BCUT2D eigenvalue weighted by Gasteiger charge is 2.17. The first-order valence-corrected chi connectivity index (χ1v) is 12.0. The van der Waals surface area contributed by atoms with Crippen molar-refractivity contribution in [3.63, 3.8) is 0 Å². The molecule has 0 aromatic heterocycles. The molecule has 0 heterocycles. The van der Waals surface area contributed by atoms with E-state index in [1.165, 1.54) is 0 Å². The molecule has 4 nitrogen and oxygen atoms in total. The number of hydrogen-bond acceptors (Lipinski definition) is 5. The molecule has 0 saturated heterocycles. The van der Waals surface area contributed by atoms with Gasteiger partial charge >= 0.3 is 0 Å². The van der Waals surface area contributed by atoms with Crippen LogP contribution in [0.1, 0.15) is 22.3 Å². The van der Waals surface area contributed by atoms with Crippen molar-refractivity contribution >= 4 is 35.3 Å². The van der Waals surface area contributed by atoms with Crippen molar-refractivity contribution in [2.45, 2.75) is 37.5 Å². The quantitative estimate of drug-likeness (QED) is 0.207. The van der Waals surface area contributed by atoms with Gasteiger partial charge in [0, 0.05) is 20.9 Å². The highest BCUT2D eigenvalue weighted by atomic mass is 32.2. The van der Waals surface area contributed by atoms with Gasteiger partial charge in [0.2, 0.25) is 12.2 Å². The lowest BCUT2D eigenvalue weighted by Gasteiger charge is -2.16. The number of rotatable bonds is 6. The number of nitrogens with zero attached hydrogens (tertiary/aromatic N) is 2. The lowest BCUT2D eigenvalue weighted by atomic mass is 9.98. The van der Waals surface area contributed by atoms with Gasteiger partial charge in [-0.05, 0) is 74.2 Å². The van der Waals surface area contributed by atoms with Crippen LogP contribution in [0.3, 0.4) is 0 Å². The van der Waals surface area contributed by atoms with Crippen molar-refractivity contribution in [3.05, 3.63) is 95.1 Å². The summed E-state index contributed by atoms with van der Waals surface area (Å²) in [6.45, 7) is 7.97. The van der Waals surface area contributed by atoms with E-state index >= 15 is 0 Å². The normalized spacial score (nSPS) is 10.4. The topological polar surface area (TPSA) is 58.9 Å². The molecule has 0 bridgehead atoms. The summed E-state index contributed by atoms with van der Waals surface area (Å²) in [5.41, 5.74) is 9.05. The van der Waals surface area contributed by atoms with Crippen LogP contribution in [0.2, 0.25) is 0 Å². The van der Waals surface area contributed by atoms with Gasteiger partial charge in [0.05, 0.1) is 11.4 Å². The minimum Gasteiger partial charge on any atom is -0.211 e. The van der Waals surface area contributed by atoms with Gasteiger partial charge in [-0.1, -0.05) is 71.4 Å². The molecule has 5 heteroatoms. The average molecular weight is 477 g/mol. The molecule has 0 aliphatic carbocycles. The van der Waals surface area contributed by atoms with Crippen molar-refractivity contribution in [2.24, 2.45) is 9.98 Å². The maximum atomic E-state index is 11.2. The Morgan fingerprint density at radius 2 is 0.971 bits per heavy atom. The van der Waals surface area contributed by atoms with Crippen molar-refractivity contribution in [3.8, 4) is 22.3 Å². The Morgan fingerprint density at radius 3 is 1.37 bits per heavy atom. The Kier molecular flexibility index (Phi) is 7.24. The van der Waals surface area contributed by atoms with Crippen LogP contribution in [0.5, 0.6) is 0 Å². The Morgan fingerprint density at radius 1 is 0.571 bits per heavy atom. The second-order valence-corrected chi connectivity index (χ2v) is 9.54. The van der Waals surface area contributed by atoms with Crippen LogP contribution in [-0.2, 0) is 9.59 Å². The van der Waals surface area contributed by atoms with Gasteiger partial charge in [-0.25, -0.2) is 9.59 Å². The Hall–Kier alpha value is -4.01. The molecular weight excluding hydrogens is 452 g/mol. The fourth-order valence-electron chi connectivity index (χ4n) is 4.39. The molecule has 0 amide bonds. The third kappa shape index (κ3) is 5.08. The lowest BCUT2D eigenvalue weighted by molar-refractivity contribution is 0.564. The largest absolute Gasteiger partial charge is 0.240 e. The molecule has 4 aromatic carbocycles. The number of carbonyl (C=O) groups excluding carboxylic acids is 2. The summed E-state index contributed by atoms with van der Waals surface area (Å²) >= 11 is 1.63. The van der Waals surface area contributed by atoms with Gasteiger partial charge in [0.1, 0.15) is 0 Å². The van der Waals surface area contributed by atoms with Crippen molar-refractivity contribution in [2.75, 3.05) is 0 Å². The molecule has 0 N–H and O–H groups in total. The van der Waals surface area contributed by atoms with Gasteiger partial charge in [-0.15, -0.1) is 0 Å². The van der Waals surface area contributed by atoms with E-state index in [-0.39, 0.29) is 0 Å². The maximum Gasteiger partial charge on any atom is 0.240 e. The number of isocyanates is 2. The summed E-state index contributed by atoms with van der Waals surface area (Å²) in [4.78, 5) is 32.5. The zero-order chi connectivity index (χ0) is 24.9. The van der Waals surface area contributed by atoms with Gasteiger partial charge < -0.3 is 0 Å². The molecule has 0 spiro atoms. The van der Waals surface area contributed by atoms with Crippen LogP contribution in [-0.4, -0.2) is 12.2 Å². The Balaban J connectivity index is 1.90. The van der Waals surface area contributed by atoms with Crippen molar-refractivity contribution < 1.29 is 9.59 Å². The molecule has 4 aromatic rings. The maximum absolute atomic E-state index is 11.2. The number of hydrogen-bond donors (Lipinski definition) is 0. The van der Waals surface area contributed by atoms with Crippen LogP contribution in [0.15, 0.2) is 92.6 Å². The minimum atomic E-state index is 0.629. The van der Waals surface area contributed by atoms with E-state index in [0.717, 1.165) is 54.3 Å².